The molecule has 0 nitrogen and oxygen atoms in total. The Morgan fingerprint density at radius 3 is 2.36 bits per heavy atom. The molecular weight excluding hydrogens is 132 g/mol. The van der Waals surface area contributed by atoms with Gasteiger partial charge in [-0.2, -0.15) is 0 Å². The largest absolute Gasteiger partial charge is 0.0648 e. The summed E-state index contributed by atoms with van der Waals surface area (Å²) in [5.41, 5.74) is 0. The molecule has 0 amide bonds. The molecule has 0 aromatic carbocycles. The Bertz CT molecular complexity index is 120. The van der Waals surface area contributed by atoms with Gasteiger partial charge in [-0.25, -0.2) is 0 Å². The molecule has 2 fully saturated rings. The molecule has 0 unspecified atom stereocenters. The van der Waals surface area contributed by atoms with Crippen LogP contribution in [0.5, 0.6) is 0 Å². The normalized spacial score (nSPS) is 24.5. The molecule has 2 saturated carbocycles. The molecular formula is C11H19. The highest BCUT2D eigenvalue weighted by Gasteiger charge is 2.31. The minimum atomic E-state index is 1.07. The summed E-state index contributed by atoms with van der Waals surface area (Å²) in [6.45, 7) is 2.33. The van der Waals surface area contributed by atoms with E-state index in [9.17, 15) is 0 Å². The maximum Gasteiger partial charge on any atom is -0.0213 e. The van der Waals surface area contributed by atoms with Crippen molar-refractivity contribution in [2.75, 3.05) is 0 Å². The molecule has 0 aromatic heterocycles. The fourth-order valence-electron chi connectivity index (χ4n) is 1.96. The van der Waals surface area contributed by atoms with Gasteiger partial charge in [0.2, 0.25) is 0 Å². The lowest BCUT2D eigenvalue weighted by atomic mass is 9.94. The van der Waals surface area contributed by atoms with Crippen molar-refractivity contribution >= 4 is 0 Å². The predicted octanol–water partition coefficient (Wildman–Crippen LogP) is 3.57. The Balaban J connectivity index is 1.63. The van der Waals surface area contributed by atoms with Gasteiger partial charge in [-0.05, 0) is 49.9 Å². The second-order valence-corrected chi connectivity index (χ2v) is 4.27. The topological polar surface area (TPSA) is 0 Å². The summed E-state index contributed by atoms with van der Waals surface area (Å²) in [4.78, 5) is 0. The van der Waals surface area contributed by atoms with E-state index >= 15 is 0 Å². The van der Waals surface area contributed by atoms with Crippen LogP contribution in [0.4, 0.5) is 0 Å². The van der Waals surface area contributed by atoms with Crippen LogP contribution in [0, 0.1) is 17.8 Å². The van der Waals surface area contributed by atoms with Crippen LogP contribution in [-0.2, 0) is 0 Å². The summed E-state index contributed by atoms with van der Waals surface area (Å²) in [5.74, 6) is 4.09. The van der Waals surface area contributed by atoms with E-state index in [1.54, 1.807) is 0 Å². The van der Waals surface area contributed by atoms with Crippen molar-refractivity contribution in [3.63, 3.8) is 0 Å². The predicted molar refractivity (Wildman–Crippen MR) is 48.2 cm³/mol. The van der Waals surface area contributed by atoms with Gasteiger partial charge in [-0.3, -0.25) is 0 Å². The van der Waals surface area contributed by atoms with E-state index in [-0.39, 0.29) is 0 Å². The monoisotopic (exact) mass is 151 g/mol. The van der Waals surface area contributed by atoms with E-state index in [0.29, 0.717) is 0 Å². The third kappa shape index (κ3) is 2.21. The maximum atomic E-state index is 2.33. The minimum Gasteiger partial charge on any atom is -0.0648 e. The summed E-state index contributed by atoms with van der Waals surface area (Å²) in [6, 6.07) is 0. The number of hydrogen-bond acceptors (Lipinski definition) is 0. The average molecular weight is 151 g/mol. The van der Waals surface area contributed by atoms with E-state index in [1.165, 1.54) is 44.9 Å². The van der Waals surface area contributed by atoms with Gasteiger partial charge in [0.05, 0.1) is 0 Å². The van der Waals surface area contributed by atoms with Gasteiger partial charge in [0, 0.05) is 0 Å². The molecule has 2 aliphatic carbocycles. The summed E-state index contributed by atoms with van der Waals surface area (Å²) in [6.07, 6.45) is 10.4. The third-order valence-corrected chi connectivity index (χ3v) is 3.18. The summed E-state index contributed by atoms with van der Waals surface area (Å²) in [7, 11) is 0. The van der Waals surface area contributed by atoms with Crippen molar-refractivity contribution in [2.24, 2.45) is 11.8 Å². The van der Waals surface area contributed by atoms with Crippen molar-refractivity contribution in [2.45, 2.75) is 51.9 Å². The van der Waals surface area contributed by atoms with E-state index in [4.69, 9.17) is 0 Å². The Morgan fingerprint density at radius 2 is 1.91 bits per heavy atom. The number of rotatable bonds is 5. The van der Waals surface area contributed by atoms with Gasteiger partial charge >= 0.3 is 0 Å². The van der Waals surface area contributed by atoms with Crippen molar-refractivity contribution in [1.29, 1.82) is 0 Å². The second-order valence-electron chi connectivity index (χ2n) is 4.27. The third-order valence-electron chi connectivity index (χ3n) is 3.18. The highest BCUT2D eigenvalue weighted by molar-refractivity contribution is 5.02. The van der Waals surface area contributed by atoms with Crippen LogP contribution in [0.1, 0.15) is 51.9 Å². The van der Waals surface area contributed by atoms with Crippen LogP contribution in [0.25, 0.3) is 0 Å². The van der Waals surface area contributed by atoms with E-state index in [2.05, 4.69) is 6.92 Å². The van der Waals surface area contributed by atoms with Gasteiger partial charge in [0.15, 0.2) is 0 Å². The first-order valence-electron chi connectivity index (χ1n) is 5.24. The molecule has 0 spiro atoms. The van der Waals surface area contributed by atoms with Crippen LogP contribution in [-0.4, -0.2) is 0 Å². The van der Waals surface area contributed by atoms with Gasteiger partial charge in [0.1, 0.15) is 0 Å². The Labute approximate surface area is 70.4 Å². The zero-order chi connectivity index (χ0) is 7.68. The molecule has 0 heterocycles. The molecule has 0 bridgehead atoms. The Morgan fingerprint density at radius 1 is 1.18 bits per heavy atom. The molecule has 0 atom stereocenters. The molecule has 0 aromatic rings. The first kappa shape index (κ1) is 7.64. The van der Waals surface area contributed by atoms with Gasteiger partial charge in [0.25, 0.3) is 0 Å². The fourth-order valence-corrected chi connectivity index (χ4v) is 1.96. The molecule has 0 saturated heterocycles. The van der Waals surface area contributed by atoms with Crippen LogP contribution in [0.3, 0.4) is 0 Å². The van der Waals surface area contributed by atoms with Crippen molar-refractivity contribution in [1.82, 2.24) is 0 Å². The Hall–Kier alpha value is 0. The molecule has 0 N–H and O–H groups in total. The molecule has 0 heteroatoms. The molecule has 63 valence electrons. The van der Waals surface area contributed by atoms with E-state index in [1.807, 2.05) is 5.92 Å². The maximum absolute atomic E-state index is 2.33. The van der Waals surface area contributed by atoms with Crippen LogP contribution >= 0.6 is 0 Å². The fraction of sp³-hybridized carbons (Fsp3) is 0.909. The van der Waals surface area contributed by atoms with Crippen molar-refractivity contribution in [3.05, 3.63) is 5.92 Å². The molecule has 1 radical (unpaired) electrons. The highest BCUT2D eigenvalue weighted by atomic mass is 14.4. The van der Waals surface area contributed by atoms with Crippen LogP contribution in [0.2, 0.25) is 0 Å². The van der Waals surface area contributed by atoms with Crippen LogP contribution in [0.15, 0.2) is 0 Å². The lowest BCUT2D eigenvalue weighted by Crippen LogP contribution is -1.98. The van der Waals surface area contributed by atoms with Crippen molar-refractivity contribution in [3.8, 4) is 0 Å². The summed E-state index contributed by atoms with van der Waals surface area (Å²) in [5, 5.41) is 0. The van der Waals surface area contributed by atoms with Crippen molar-refractivity contribution < 1.29 is 0 Å². The number of hydrogen-bond donors (Lipinski definition) is 0. The summed E-state index contributed by atoms with van der Waals surface area (Å²) >= 11 is 0. The smallest absolute Gasteiger partial charge is 0.0213 e. The molecule has 11 heavy (non-hydrogen) atoms. The molecule has 2 rings (SSSR count). The lowest BCUT2D eigenvalue weighted by molar-refractivity contribution is 0.596. The summed E-state index contributed by atoms with van der Waals surface area (Å²) < 4.78 is 0. The lowest BCUT2D eigenvalue weighted by Gasteiger charge is -2.11. The first-order chi connectivity index (χ1) is 5.40. The van der Waals surface area contributed by atoms with Crippen LogP contribution < -0.4 is 0 Å². The Kier molecular flexibility index (Phi) is 2.20. The highest BCUT2D eigenvalue weighted by Crippen LogP contribution is 2.44. The first-order valence-corrected chi connectivity index (χ1v) is 5.24. The van der Waals surface area contributed by atoms with E-state index in [0.717, 1.165) is 11.8 Å². The SMILES string of the molecule is CC[C](CCC1CC1)C1CC1. The molecule has 0 aliphatic heterocycles. The standard InChI is InChI=1S/C11H19/c1-2-10(11-7-8-11)6-5-9-3-4-9/h9,11H,2-8H2,1H3. The second kappa shape index (κ2) is 3.16. The minimum absolute atomic E-state index is 1.07. The van der Waals surface area contributed by atoms with Gasteiger partial charge < -0.3 is 0 Å². The van der Waals surface area contributed by atoms with Gasteiger partial charge in [-0.15, -0.1) is 0 Å². The quantitative estimate of drug-likeness (QED) is 0.563. The molecule has 2 aliphatic rings. The van der Waals surface area contributed by atoms with E-state index < -0.39 is 0 Å². The average Bonchev–Trinajstić information content (AvgIpc) is 2.85. The zero-order valence-electron chi connectivity index (χ0n) is 7.60. The zero-order valence-corrected chi connectivity index (χ0v) is 7.60. The van der Waals surface area contributed by atoms with Gasteiger partial charge in [-0.1, -0.05) is 19.8 Å².